The SMILES string of the molecule is Cc1cc(C)c2nc(N(CCCn3ccnc3)C(=O)c3cc4cc([N+](=O)[O-])ccc4s3)sc2c1. The number of anilines is 1. The number of carbonyl (C=O) groups excluding carboxylic acids is 1. The Morgan fingerprint density at radius 1 is 1.15 bits per heavy atom. The van der Waals surface area contributed by atoms with Crippen LogP contribution in [0.4, 0.5) is 10.8 Å². The summed E-state index contributed by atoms with van der Waals surface area (Å²) in [6.07, 6.45) is 6.12. The molecule has 0 spiro atoms. The van der Waals surface area contributed by atoms with Gasteiger partial charge in [0.1, 0.15) is 0 Å². The average molecular weight is 492 g/mol. The van der Waals surface area contributed by atoms with E-state index in [0.29, 0.717) is 21.9 Å². The molecule has 1 amide bonds. The van der Waals surface area contributed by atoms with Crippen molar-refractivity contribution in [2.24, 2.45) is 0 Å². The van der Waals surface area contributed by atoms with Gasteiger partial charge in [-0.2, -0.15) is 0 Å². The monoisotopic (exact) mass is 491 g/mol. The maximum atomic E-state index is 13.7. The number of non-ortho nitro benzene ring substituents is 1. The molecule has 0 saturated heterocycles. The van der Waals surface area contributed by atoms with Crippen molar-refractivity contribution in [2.45, 2.75) is 26.8 Å². The molecule has 0 aliphatic carbocycles. The fraction of sp³-hybridized carbons (Fsp3) is 0.208. The summed E-state index contributed by atoms with van der Waals surface area (Å²) in [7, 11) is 0. The van der Waals surface area contributed by atoms with E-state index in [2.05, 4.69) is 24.0 Å². The van der Waals surface area contributed by atoms with E-state index in [9.17, 15) is 14.9 Å². The van der Waals surface area contributed by atoms with Gasteiger partial charge in [0.2, 0.25) is 0 Å². The maximum Gasteiger partial charge on any atom is 0.270 e. The molecular formula is C24H21N5O3S2. The summed E-state index contributed by atoms with van der Waals surface area (Å²) in [4.78, 5) is 35.6. The van der Waals surface area contributed by atoms with Gasteiger partial charge in [0.15, 0.2) is 5.13 Å². The van der Waals surface area contributed by atoms with Gasteiger partial charge in [-0.15, -0.1) is 11.3 Å². The number of aryl methyl sites for hydroxylation is 3. The highest BCUT2D eigenvalue weighted by Crippen LogP contribution is 2.35. The third-order valence-corrected chi connectivity index (χ3v) is 7.70. The van der Waals surface area contributed by atoms with Crippen molar-refractivity contribution < 1.29 is 9.72 Å². The van der Waals surface area contributed by atoms with Crippen LogP contribution < -0.4 is 4.90 Å². The number of imidazole rings is 1. The van der Waals surface area contributed by atoms with Crippen molar-refractivity contribution in [2.75, 3.05) is 11.4 Å². The van der Waals surface area contributed by atoms with Gasteiger partial charge in [0.25, 0.3) is 11.6 Å². The Balaban J connectivity index is 1.50. The van der Waals surface area contributed by atoms with E-state index in [-0.39, 0.29) is 11.6 Å². The summed E-state index contributed by atoms with van der Waals surface area (Å²) in [6, 6.07) is 10.6. The number of hydrogen-bond acceptors (Lipinski definition) is 7. The normalized spacial score (nSPS) is 11.4. The van der Waals surface area contributed by atoms with Gasteiger partial charge < -0.3 is 4.57 Å². The molecule has 5 aromatic rings. The van der Waals surface area contributed by atoms with Crippen molar-refractivity contribution in [1.29, 1.82) is 0 Å². The molecule has 10 heteroatoms. The van der Waals surface area contributed by atoms with E-state index < -0.39 is 4.92 Å². The van der Waals surface area contributed by atoms with Crippen LogP contribution in [-0.2, 0) is 6.54 Å². The molecule has 3 aromatic heterocycles. The first-order valence-electron chi connectivity index (χ1n) is 10.7. The molecule has 3 heterocycles. The van der Waals surface area contributed by atoms with Crippen LogP contribution in [-0.4, -0.2) is 31.9 Å². The number of benzene rings is 2. The van der Waals surface area contributed by atoms with E-state index in [1.807, 2.05) is 17.7 Å². The summed E-state index contributed by atoms with van der Waals surface area (Å²) >= 11 is 2.85. The number of nitro benzene ring substituents is 1. The summed E-state index contributed by atoms with van der Waals surface area (Å²) in [5.41, 5.74) is 3.16. The van der Waals surface area contributed by atoms with Gasteiger partial charge in [-0.25, -0.2) is 9.97 Å². The van der Waals surface area contributed by atoms with Crippen LogP contribution in [0.3, 0.4) is 0 Å². The molecule has 172 valence electrons. The van der Waals surface area contributed by atoms with Crippen LogP contribution >= 0.6 is 22.7 Å². The Morgan fingerprint density at radius 3 is 2.76 bits per heavy atom. The molecular weight excluding hydrogens is 470 g/mol. The second-order valence-corrected chi connectivity index (χ2v) is 10.2. The zero-order valence-electron chi connectivity index (χ0n) is 18.6. The van der Waals surface area contributed by atoms with Gasteiger partial charge in [-0.1, -0.05) is 17.4 Å². The minimum absolute atomic E-state index is 0.0125. The minimum atomic E-state index is -0.424. The van der Waals surface area contributed by atoms with Crippen molar-refractivity contribution in [3.8, 4) is 0 Å². The zero-order chi connectivity index (χ0) is 23.8. The smallest absolute Gasteiger partial charge is 0.270 e. The van der Waals surface area contributed by atoms with E-state index >= 15 is 0 Å². The molecule has 0 aliphatic heterocycles. The predicted octanol–water partition coefficient (Wildman–Crippen LogP) is 5.97. The number of fused-ring (bicyclic) bond motifs is 2. The Kier molecular flexibility index (Phi) is 5.84. The predicted molar refractivity (Wildman–Crippen MR) is 136 cm³/mol. The fourth-order valence-corrected chi connectivity index (χ4v) is 6.13. The van der Waals surface area contributed by atoms with Crippen molar-refractivity contribution >= 4 is 59.7 Å². The number of hydrogen-bond donors (Lipinski definition) is 0. The molecule has 2 aromatic carbocycles. The standard InChI is InChI=1S/C24H21N5O3S2/c1-15-10-16(2)22-20(11-15)34-24(26-22)28(8-3-7-27-9-6-25-14-27)23(30)21-13-17-12-18(29(31)32)4-5-19(17)33-21/h4-6,9-14H,3,7-8H2,1-2H3. The second-order valence-electron chi connectivity index (χ2n) is 8.13. The van der Waals surface area contributed by atoms with Gasteiger partial charge in [-0.05, 0) is 49.6 Å². The van der Waals surface area contributed by atoms with Gasteiger partial charge in [0, 0.05) is 47.7 Å². The highest BCUT2D eigenvalue weighted by Gasteiger charge is 2.24. The van der Waals surface area contributed by atoms with Crippen LogP contribution in [0.15, 0.2) is 55.1 Å². The molecule has 0 N–H and O–H groups in total. The lowest BCUT2D eigenvalue weighted by atomic mass is 10.1. The highest BCUT2D eigenvalue weighted by atomic mass is 32.1. The van der Waals surface area contributed by atoms with E-state index in [0.717, 1.165) is 39.0 Å². The number of nitrogens with zero attached hydrogens (tertiary/aromatic N) is 5. The third-order valence-electron chi connectivity index (χ3n) is 5.57. The molecule has 0 unspecified atom stereocenters. The van der Waals surface area contributed by atoms with Gasteiger partial charge in [-0.3, -0.25) is 19.8 Å². The van der Waals surface area contributed by atoms with Gasteiger partial charge in [0.05, 0.1) is 26.3 Å². The molecule has 0 radical (unpaired) electrons. The molecule has 0 bridgehead atoms. The van der Waals surface area contributed by atoms with E-state index in [4.69, 9.17) is 4.98 Å². The molecule has 8 nitrogen and oxygen atoms in total. The third kappa shape index (κ3) is 4.29. The summed E-state index contributed by atoms with van der Waals surface area (Å²) in [5, 5.41) is 12.5. The van der Waals surface area contributed by atoms with Crippen LogP contribution in [0.25, 0.3) is 20.3 Å². The van der Waals surface area contributed by atoms with Crippen molar-refractivity contribution in [3.05, 3.63) is 81.2 Å². The summed E-state index contributed by atoms with van der Waals surface area (Å²) < 4.78 is 3.86. The van der Waals surface area contributed by atoms with Crippen LogP contribution in [0, 0.1) is 24.0 Å². The number of nitro groups is 1. The molecule has 0 atom stereocenters. The van der Waals surface area contributed by atoms with E-state index in [1.165, 1.54) is 34.8 Å². The Hall–Kier alpha value is -3.63. The average Bonchev–Trinajstić information content (AvgIpc) is 3.54. The van der Waals surface area contributed by atoms with Crippen LogP contribution in [0.1, 0.15) is 27.2 Å². The zero-order valence-corrected chi connectivity index (χ0v) is 20.2. The molecule has 0 fully saturated rings. The lowest BCUT2D eigenvalue weighted by molar-refractivity contribution is -0.384. The fourth-order valence-electron chi connectivity index (χ4n) is 3.97. The number of aromatic nitrogens is 3. The van der Waals surface area contributed by atoms with Crippen LogP contribution in [0.2, 0.25) is 0 Å². The number of carbonyl (C=O) groups is 1. The largest absolute Gasteiger partial charge is 0.337 e. The second kappa shape index (κ2) is 8.96. The Morgan fingerprint density at radius 2 is 2.00 bits per heavy atom. The summed E-state index contributed by atoms with van der Waals surface area (Å²) in [5.74, 6) is -0.150. The number of rotatable bonds is 7. The molecule has 0 saturated carbocycles. The lowest BCUT2D eigenvalue weighted by Crippen LogP contribution is -2.31. The number of thiazole rings is 1. The van der Waals surface area contributed by atoms with Gasteiger partial charge >= 0.3 is 0 Å². The first-order chi connectivity index (χ1) is 16.4. The maximum absolute atomic E-state index is 13.7. The number of thiophene rings is 1. The Bertz CT molecular complexity index is 1520. The van der Waals surface area contributed by atoms with Crippen molar-refractivity contribution in [1.82, 2.24) is 14.5 Å². The quantitative estimate of drug-likeness (QED) is 0.206. The van der Waals surface area contributed by atoms with Crippen molar-refractivity contribution in [3.63, 3.8) is 0 Å². The first kappa shape index (κ1) is 22.2. The summed E-state index contributed by atoms with van der Waals surface area (Å²) in [6.45, 7) is 5.30. The highest BCUT2D eigenvalue weighted by molar-refractivity contribution is 7.23. The Labute approximate surface area is 203 Å². The number of amides is 1. The topological polar surface area (TPSA) is 94.2 Å². The first-order valence-corrected chi connectivity index (χ1v) is 12.4. The lowest BCUT2D eigenvalue weighted by Gasteiger charge is -2.19. The molecule has 34 heavy (non-hydrogen) atoms. The van der Waals surface area contributed by atoms with Crippen LogP contribution in [0.5, 0.6) is 0 Å². The van der Waals surface area contributed by atoms with E-state index in [1.54, 1.807) is 29.6 Å². The molecule has 0 aliphatic rings. The minimum Gasteiger partial charge on any atom is -0.337 e. The molecule has 5 rings (SSSR count).